The normalized spacial score (nSPS) is 18.3. The maximum absolute atomic E-state index is 6.77. The number of methoxy groups -OCH3 is 1. The largest absolute Gasteiger partial charge is 0.496 e. The van der Waals surface area contributed by atoms with E-state index in [2.05, 4.69) is 39.8 Å². The fourth-order valence-electron chi connectivity index (χ4n) is 3.53. The van der Waals surface area contributed by atoms with Gasteiger partial charge in [0.15, 0.2) is 0 Å². The maximum atomic E-state index is 6.77. The molecule has 0 unspecified atom stereocenters. The minimum atomic E-state index is -0.141. The van der Waals surface area contributed by atoms with E-state index in [9.17, 15) is 0 Å². The fourth-order valence-corrected chi connectivity index (χ4v) is 3.53. The van der Waals surface area contributed by atoms with Gasteiger partial charge in [0.25, 0.3) is 0 Å². The van der Waals surface area contributed by atoms with Crippen molar-refractivity contribution in [2.45, 2.75) is 77.2 Å². The zero-order valence-electron chi connectivity index (χ0n) is 14.3. The van der Waals surface area contributed by atoms with Crippen LogP contribution < -0.4 is 10.5 Å². The van der Waals surface area contributed by atoms with Gasteiger partial charge in [-0.3, -0.25) is 0 Å². The van der Waals surface area contributed by atoms with Crippen molar-refractivity contribution in [2.24, 2.45) is 5.73 Å². The summed E-state index contributed by atoms with van der Waals surface area (Å²) in [6.45, 7) is 8.93. The summed E-state index contributed by atoms with van der Waals surface area (Å²) in [5.74, 6) is 1.96. The number of hydrogen-bond acceptors (Lipinski definition) is 2. The Balaban J connectivity index is 2.56. The molecule has 0 bridgehead atoms. The second kappa shape index (κ2) is 6.39. The lowest BCUT2D eigenvalue weighted by Crippen LogP contribution is -2.38. The van der Waals surface area contributed by atoms with Gasteiger partial charge in [0, 0.05) is 5.54 Å². The highest BCUT2D eigenvalue weighted by Gasteiger charge is 2.31. The molecule has 1 fully saturated rings. The Morgan fingerprint density at radius 2 is 1.43 bits per heavy atom. The highest BCUT2D eigenvalue weighted by Crippen LogP contribution is 2.41. The predicted octanol–water partition coefficient (Wildman–Crippen LogP) is 5.06. The smallest absolute Gasteiger partial charge is 0.125 e. The quantitative estimate of drug-likeness (QED) is 0.840. The molecule has 0 aliphatic heterocycles. The van der Waals surface area contributed by atoms with Crippen LogP contribution in [0.3, 0.4) is 0 Å². The molecule has 2 heteroatoms. The lowest BCUT2D eigenvalue weighted by Gasteiger charge is -2.35. The van der Waals surface area contributed by atoms with E-state index in [0.717, 1.165) is 18.6 Å². The molecule has 118 valence electrons. The third-order valence-electron chi connectivity index (χ3n) is 4.92. The monoisotopic (exact) mass is 289 g/mol. The second-order valence-corrected chi connectivity index (χ2v) is 7.21. The van der Waals surface area contributed by atoms with Crippen LogP contribution >= 0.6 is 0 Å². The molecule has 1 aliphatic carbocycles. The molecule has 21 heavy (non-hydrogen) atoms. The topological polar surface area (TPSA) is 35.2 Å². The third kappa shape index (κ3) is 3.26. The first-order chi connectivity index (χ1) is 9.89. The van der Waals surface area contributed by atoms with Gasteiger partial charge in [0.2, 0.25) is 0 Å². The van der Waals surface area contributed by atoms with E-state index >= 15 is 0 Å². The molecule has 0 radical (unpaired) electrons. The number of ether oxygens (including phenoxy) is 1. The van der Waals surface area contributed by atoms with Crippen molar-refractivity contribution in [1.29, 1.82) is 0 Å². The van der Waals surface area contributed by atoms with Crippen molar-refractivity contribution in [3.8, 4) is 5.75 Å². The number of hydrogen-bond donors (Lipinski definition) is 1. The summed E-state index contributed by atoms with van der Waals surface area (Å²) < 4.78 is 5.73. The van der Waals surface area contributed by atoms with Gasteiger partial charge in [-0.25, -0.2) is 0 Å². The van der Waals surface area contributed by atoms with Gasteiger partial charge >= 0.3 is 0 Å². The Labute approximate surface area is 130 Å². The average molecular weight is 289 g/mol. The predicted molar refractivity (Wildman–Crippen MR) is 90.1 cm³/mol. The third-order valence-corrected chi connectivity index (χ3v) is 4.92. The van der Waals surface area contributed by atoms with Gasteiger partial charge in [0.05, 0.1) is 7.11 Å². The van der Waals surface area contributed by atoms with Crippen LogP contribution in [0.1, 0.15) is 88.3 Å². The fraction of sp³-hybridized carbons (Fsp3) is 0.684. The first kappa shape index (κ1) is 16.4. The van der Waals surface area contributed by atoms with E-state index in [0.29, 0.717) is 11.8 Å². The molecule has 0 aromatic heterocycles. The minimum Gasteiger partial charge on any atom is -0.496 e. The molecule has 0 heterocycles. The van der Waals surface area contributed by atoms with E-state index in [4.69, 9.17) is 10.5 Å². The van der Waals surface area contributed by atoms with Crippen molar-refractivity contribution in [2.75, 3.05) is 7.11 Å². The first-order valence-electron chi connectivity index (χ1n) is 8.40. The van der Waals surface area contributed by atoms with Gasteiger partial charge in [-0.2, -0.15) is 0 Å². The summed E-state index contributed by atoms with van der Waals surface area (Å²) >= 11 is 0. The molecule has 2 N–H and O–H groups in total. The SMILES string of the molecule is COc1c(C(C)C)cc(C2(N)CCCCC2)cc1C(C)C. The first-order valence-corrected chi connectivity index (χ1v) is 8.40. The Hall–Kier alpha value is -1.02. The van der Waals surface area contributed by atoms with Gasteiger partial charge in [-0.15, -0.1) is 0 Å². The summed E-state index contributed by atoms with van der Waals surface area (Å²) in [4.78, 5) is 0. The van der Waals surface area contributed by atoms with Crippen molar-refractivity contribution in [3.63, 3.8) is 0 Å². The molecule has 2 rings (SSSR count). The lowest BCUT2D eigenvalue weighted by molar-refractivity contribution is 0.301. The number of rotatable bonds is 4. The minimum absolute atomic E-state index is 0.141. The molecule has 1 aromatic carbocycles. The van der Waals surface area contributed by atoms with E-state index in [1.165, 1.54) is 36.0 Å². The number of nitrogens with two attached hydrogens (primary N) is 1. The Bertz CT molecular complexity index is 455. The van der Waals surface area contributed by atoms with Crippen molar-refractivity contribution in [1.82, 2.24) is 0 Å². The van der Waals surface area contributed by atoms with Crippen LogP contribution in [0.15, 0.2) is 12.1 Å². The average Bonchev–Trinajstić information content (AvgIpc) is 2.46. The maximum Gasteiger partial charge on any atom is 0.125 e. The Morgan fingerprint density at radius 3 is 1.81 bits per heavy atom. The molecule has 2 nitrogen and oxygen atoms in total. The van der Waals surface area contributed by atoms with E-state index in [1.807, 2.05) is 0 Å². The molecule has 0 atom stereocenters. The van der Waals surface area contributed by atoms with Gasteiger partial charge in [-0.05, 0) is 53.5 Å². The van der Waals surface area contributed by atoms with Gasteiger partial charge < -0.3 is 10.5 Å². The zero-order valence-corrected chi connectivity index (χ0v) is 14.3. The van der Waals surface area contributed by atoms with Crippen LogP contribution in [0.5, 0.6) is 5.75 Å². The van der Waals surface area contributed by atoms with Crippen molar-refractivity contribution in [3.05, 3.63) is 28.8 Å². The highest BCUT2D eigenvalue weighted by molar-refractivity contribution is 5.49. The summed E-state index contributed by atoms with van der Waals surface area (Å²) in [6, 6.07) is 4.61. The summed E-state index contributed by atoms with van der Waals surface area (Å²) in [6.07, 6.45) is 6.03. The highest BCUT2D eigenvalue weighted by atomic mass is 16.5. The molecule has 1 aromatic rings. The van der Waals surface area contributed by atoms with Gasteiger partial charge in [0.1, 0.15) is 5.75 Å². The zero-order chi connectivity index (χ0) is 15.6. The Morgan fingerprint density at radius 1 is 0.952 bits per heavy atom. The van der Waals surface area contributed by atoms with Crippen molar-refractivity contribution >= 4 is 0 Å². The number of benzene rings is 1. The van der Waals surface area contributed by atoms with E-state index < -0.39 is 0 Å². The van der Waals surface area contributed by atoms with Gasteiger partial charge in [-0.1, -0.05) is 47.0 Å². The van der Waals surface area contributed by atoms with Crippen LogP contribution in [0.25, 0.3) is 0 Å². The van der Waals surface area contributed by atoms with Crippen LogP contribution in [-0.4, -0.2) is 7.11 Å². The molecule has 0 amide bonds. The summed E-state index contributed by atoms with van der Waals surface area (Å²) in [7, 11) is 1.78. The summed E-state index contributed by atoms with van der Waals surface area (Å²) in [5.41, 5.74) is 10.5. The van der Waals surface area contributed by atoms with E-state index in [-0.39, 0.29) is 5.54 Å². The van der Waals surface area contributed by atoms with Crippen LogP contribution in [0.4, 0.5) is 0 Å². The lowest BCUT2D eigenvalue weighted by atomic mass is 9.75. The van der Waals surface area contributed by atoms with Crippen LogP contribution in [0.2, 0.25) is 0 Å². The van der Waals surface area contributed by atoms with E-state index in [1.54, 1.807) is 7.11 Å². The molecule has 0 spiro atoms. The van der Waals surface area contributed by atoms with Crippen molar-refractivity contribution < 1.29 is 4.74 Å². The summed E-state index contributed by atoms with van der Waals surface area (Å²) in [5, 5.41) is 0. The van der Waals surface area contributed by atoms with Crippen LogP contribution in [-0.2, 0) is 5.54 Å². The standard InChI is InChI=1S/C19H31NO/c1-13(2)16-11-15(19(20)9-7-6-8-10-19)12-17(14(3)4)18(16)21-5/h11-14H,6-10,20H2,1-5H3. The molecule has 1 saturated carbocycles. The molecular weight excluding hydrogens is 258 g/mol. The molecule has 1 aliphatic rings. The molecule has 0 saturated heterocycles. The molecular formula is C19H31NO. The Kier molecular flexibility index (Phi) is 4.98. The second-order valence-electron chi connectivity index (χ2n) is 7.21. The van der Waals surface area contributed by atoms with Crippen LogP contribution in [0, 0.1) is 0 Å².